The SMILES string of the molecule is COC(=O)CN(C(=O)c1c(F)cccc1F)C(=O)N(C)c1ccc(SC(F)(F)F)cc1F. The Bertz CT molecular complexity index is 1030. The molecule has 0 aliphatic carbocycles. The number of benzene rings is 2. The number of halogens is 6. The molecular weight excluding hydrogens is 466 g/mol. The molecule has 32 heavy (non-hydrogen) atoms. The number of imide groups is 1. The van der Waals surface area contributed by atoms with E-state index in [1.807, 2.05) is 0 Å². The maximum absolute atomic E-state index is 14.4. The average Bonchev–Trinajstić information content (AvgIpc) is 2.69. The van der Waals surface area contributed by atoms with E-state index in [0.717, 1.165) is 44.5 Å². The van der Waals surface area contributed by atoms with Crippen molar-refractivity contribution in [2.24, 2.45) is 0 Å². The predicted molar refractivity (Wildman–Crippen MR) is 102 cm³/mol. The van der Waals surface area contributed by atoms with Crippen LogP contribution in [0.2, 0.25) is 0 Å². The maximum Gasteiger partial charge on any atom is 0.446 e. The minimum Gasteiger partial charge on any atom is -0.468 e. The Morgan fingerprint density at radius 1 is 1.00 bits per heavy atom. The Hall–Kier alpha value is -3.22. The number of esters is 1. The fourth-order valence-corrected chi connectivity index (χ4v) is 3.06. The van der Waals surface area contributed by atoms with Crippen LogP contribution >= 0.6 is 11.8 Å². The minimum absolute atomic E-state index is 0.116. The lowest BCUT2D eigenvalue weighted by Gasteiger charge is -2.26. The molecule has 2 aromatic rings. The average molecular weight is 480 g/mol. The Balaban J connectivity index is 2.41. The van der Waals surface area contributed by atoms with Gasteiger partial charge in [-0.25, -0.2) is 22.9 Å². The fourth-order valence-electron chi connectivity index (χ4n) is 2.50. The molecule has 6 nitrogen and oxygen atoms in total. The lowest BCUT2D eigenvalue weighted by molar-refractivity contribution is -0.140. The summed E-state index contributed by atoms with van der Waals surface area (Å²) in [6, 6.07) is 3.30. The summed E-state index contributed by atoms with van der Waals surface area (Å²) in [6.45, 7) is -1.07. The number of urea groups is 1. The van der Waals surface area contributed by atoms with Gasteiger partial charge < -0.3 is 4.74 Å². The highest BCUT2D eigenvalue weighted by Crippen LogP contribution is 2.38. The molecule has 0 unspecified atom stereocenters. The third-order valence-corrected chi connectivity index (χ3v) is 4.69. The molecule has 2 aromatic carbocycles. The molecule has 0 radical (unpaired) electrons. The molecule has 0 saturated carbocycles. The highest BCUT2D eigenvalue weighted by Gasteiger charge is 2.34. The Morgan fingerprint density at radius 2 is 1.59 bits per heavy atom. The smallest absolute Gasteiger partial charge is 0.446 e. The molecule has 3 amide bonds. The van der Waals surface area contributed by atoms with Crippen molar-refractivity contribution in [2.75, 3.05) is 25.6 Å². The molecular formula is C19H14F6N2O4S. The first-order chi connectivity index (χ1) is 14.9. The number of amides is 3. The van der Waals surface area contributed by atoms with E-state index in [2.05, 4.69) is 4.74 Å². The molecule has 0 N–H and O–H groups in total. The van der Waals surface area contributed by atoms with Gasteiger partial charge in [-0.1, -0.05) is 6.07 Å². The standard InChI is InChI=1S/C19H14F6N2O4S/c1-26(14-7-6-10(8-13(14)22)32-19(23,24)25)18(30)27(9-15(28)31-2)17(29)16-11(20)4-3-5-12(16)21/h3-8H,9H2,1-2H3. The van der Waals surface area contributed by atoms with Gasteiger partial charge in [0.05, 0.1) is 12.8 Å². The second kappa shape index (κ2) is 9.94. The summed E-state index contributed by atoms with van der Waals surface area (Å²) in [5.41, 5.74) is -6.38. The van der Waals surface area contributed by atoms with E-state index in [1.54, 1.807) is 0 Å². The number of thioether (sulfide) groups is 1. The molecule has 172 valence electrons. The van der Waals surface area contributed by atoms with Gasteiger partial charge >= 0.3 is 17.5 Å². The topological polar surface area (TPSA) is 66.9 Å². The van der Waals surface area contributed by atoms with Crippen LogP contribution in [0.4, 0.5) is 36.8 Å². The molecule has 0 fully saturated rings. The third kappa shape index (κ3) is 5.93. The Kier molecular flexibility index (Phi) is 7.78. The lowest BCUT2D eigenvalue weighted by atomic mass is 10.1. The monoisotopic (exact) mass is 480 g/mol. The number of carbonyl (C=O) groups excluding carboxylic acids is 3. The maximum atomic E-state index is 14.4. The second-order valence-electron chi connectivity index (χ2n) is 6.07. The summed E-state index contributed by atoms with van der Waals surface area (Å²) in [7, 11) is 1.88. The first-order valence-corrected chi connectivity index (χ1v) is 9.33. The molecule has 0 aromatic heterocycles. The van der Waals surface area contributed by atoms with Crippen LogP contribution in [0.25, 0.3) is 0 Å². The van der Waals surface area contributed by atoms with E-state index in [-0.39, 0.29) is 4.90 Å². The predicted octanol–water partition coefficient (Wildman–Crippen LogP) is 4.59. The van der Waals surface area contributed by atoms with E-state index in [4.69, 9.17) is 0 Å². The van der Waals surface area contributed by atoms with Gasteiger partial charge in [-0.2, -0.15) is 13.2 Å². The second-order valence-corrected chi connectivity index (χ2v) is 7.21. The van der Waals surface area contributed by atoms with E-state index in [9.17, 15) is 40.7 Å². The van der Waals surface area contributed by atoms with E-state index in [1.165, 1.54) is 0 Å². The molecule has 0 atom stereocenters. The van der Waals surface area contributed by atoms with E-state index in [0.29, 0.717) is 11.0 Å². The first-order valence-electron chi connectivity index (χ1n) is 8.51. The van der Waals surface area contributed by atoms with Gasteiger partial charge in [-0.3, -0.25) is 14.5 Å². The number of anilines is 1. The van der Waals surface area contributed by atoms with Gasteiger partial charge in [0.1, 0.15) is 29.6 Å². The molecule has 0 aliphatic rings. The van der Waals surface area contributed by atoms with Crippen molar-refractivity contribution < 1.29 is 45.5 Å². The van der Waals surface area contributed by atoms with Crippen molar-refractivity contribution >= 4 is 35.4 Å². The number of methoxy groups -OCH3 is 1. The summed E-state index contributed by atoms with van der Waals surface area (Å²) in [5, 5.41) is 0. The van der Waals surface area contributed by atoms with Crippen LogP contribution in [0.15, 0.2) is 41.3 Å². The van der Waals surface area contributed by atoms with E-state index >= 15 is 0 Å². The van der Waals surface area contributed by atoms with Crippen LogP contribution in [0.3, 0.4) is 0 Å². The zero-order chi connectivity index (χ0) is 24.2. The summed E-state index contributed by atoms with van der Waals surface area (Å²) in [6.07, 6.45) is 0. The van der Waals surface area contributed by atoms with Crippen molar-refractivity contribution in [1.82, 2.24) is 4.90 Å². The molecule has 13 heteroatoms. The van der Waals surface area contributed by atoms with Crippen LogP contribution in [-0.2, 0) is 9.53 Å². The summed E-state index contributed by atoms with van der Waals surface area (Å²) < 4.78 is 84.2. The fraction of sp³-hybridized carbons (Fsp3) is 0.211. The van der Waals surface area contributed by atoms with Crippen molar-refractivity contribution in [3.63, 3.8) is 0 Å². The normalized spacial score (nSPS) is 11.1. The number of ether oxygens (including phenoxy) is 1. The number of hydrogen-bond acceptors (Lipinski definition) is 5. The highest BCUT2D eigenvalue weighted by molar-refractivity contribution is 8.00. The molecule has 0 aliphatic heterocycles. The van der Waals surface area contributed by atoms with Crippen LogP contribution in [-0.4, -0.2) is 49.0 Å². The van der Waals surface area contributed by atoms with Gasteiger partial charge in [0.25, 0.3) is 5.91 Å². The van der Waals surface area contributed by atoms with Gasteiger partial charge in [-0.15, -0.1) is 0 Å². The van der Waals surface area contributed by atoms with Gasteiger partial charge in [0, 0.05) is 11.9 Å². The van der Waals surface area contributed by atoms with Crippen molar-refractivity contribution in [1.29, 1.82) is 0 Å². The summed E-state index contributed by atoms with van der Waals surface area (Å²) in [4.78, 5) is 37.3. The molecule has 0 bridgehead atoms. The molecule has 2 rings (SSSR count). The van der Waals surface area contributed by atoms with Crippen molar-refractivity contribution in [3.8, 4) is 0 Å². The van der Waals surface area contributed by atoms with Crippen LogP contribution < -0.4 is 4.90 Å². The van der Waals surface area contributed by atoms with Crippen LogP contribution in [0, 0.1) is 17.5 Å². The Morgan fingerprint density at radius 3 is 2.09 bits per heavy atom. The summed E-state index contributed by atoms with van der Waals surface area (Å²) in [5.74, 6) is -6.57. The lowest BCUT2D eigenvalue weighted by Crippen LogP contribution is -2.48. The number of hydrogen-bond donors (Lipinski definition) is 0. The van der Waals surface area contributed by atoms with Crippen LogP contribution in [0.1, 0.15) is 10.4 Å². The number of carbonyl (C=O) groups is 3. The molecule has 0 heterocycles. The number of rotatable bonds is 5. The van der Waals surface area contributed by atoms with Crippen molar-refractivity contribution in [3.05, 3.63) is 59.4 Å². The molecule has 0 spiro atoms. The highest BCUT2D eigenvalue weighted by atomic mass is 32.2. The largest absolute Gasteiger partial charge is 0.468 e. The zero-order valence-electron chi connectivity index (χ0n) is 16.4. The first kappa shape index (κ1) is 25.0. The summed E-state index contributed by atoms with van der Waals surface area (Å²) >= 11 is -0.586. The number of alkyl halides is 3. The molecule has 0 saturated heterocycles. The van der Waals surface area contributed by atoms with Gasteiger partial charge in [0.15, 0.2) is 0 Å². The van der Waals surface area contributed by atoms with Crippen LogP contribution in [0.5, 0.6) is 0 Å². The minimum atomic E-state index is -4.68. The Labute approximate surface area is 181 Å². The van der Waals surface area contributed by atoms with Gasteiger partial charge in [-0.05, 0) is 42.1 Å². The van der Waals surface area contributed by atoms with Crippen molar-refractivity contribution in [2.45, 2.75) is 10.4 Å². The van der Waals surface area contributed by atoms with Gasteiger partial charge in [0.2, 0.25) is 0 Å². The number of nitrogens with zero attached hydrogens (tertiary/aromatic N) is 2. The third-order valence-electron chi connectivity index (χ3n) is 3.97. The quantitative estimate of drug-likeness (QED) is 0.356. The van der Waals surface area contributed by atoms with E-state index < -0.39 is 75.3 Å². The zero-order valence-corrected chi connectivity index (χ0v) is 17.2.